The Labute approximate surface area is 130 Å². The molecule has 0 aliphatic heterocycles. The van der Waals surface area contributed by atoms with E-state index < -0.39 is 0 Å². The predicted octanol–water partition coefficient (Wildman–Crippen LogP) is 4.65. The molecule has 0 N–H and O–H groups in total. The Morgan fingerprint density at radius 2 is 1.86 bits per heavy atom. The second kappa shape index (κ2) is 6.48. The summed E-state index contributed by atoms with van der Waals surface area (Å²) in [4.78, 5) is 11.6. The van der Waals surface area contributed by atoms with Crippen LogP contribution in [0.2, 0.25) is 0 Å². The molecule has 0 aromatic heterocycles. The van der Waals surface area contributed by atoms with Crippen molar-refractivity contribution < 1.29 is 9.53 Å². The van der Waals surface area contributed by atoms with Gasteiger partial charge in [-0.25, -0.2) is 0 Å². The van der Waals surface area contributed by atoms with Crippen molar-refractivity contribution >= 4 is 28.3 Å². The fourth-order valence-corrected chi connectivity index (χ4v) is 3.43. The first-order valence-corrected chi connectivity index (χ1v) is 8.06. The number of esters is 1. The summed E-state index contributed by atoms with van der Waals surface area (Å²) in [5.74, 6) is -0.107. The van der Waals surface area contributed by atoms with E-state index in [2.05, 4.69) is 42.5 Å². The molecule has 2 aromatic carbocycles. The Morgan fingerprint density at radius 3 is 2.71 bits per heavy atom. The standard InChI is InChI=1S/C18H19ClO2/c19-12-18(20)21-17-11-4-3-9-16(17)15-10-5-7-13-6-1-2-8-14(13)15/h1-2,5-8,10,16-17H,3-4,9,11-12H2/t16-,17-/m1/s1. The van der Waals surface area contributed by atoms with Gasteiger partial charge in [-0.05, 0) is 35.6 Å². The van der Waals surface area contributed by atoms with Gasteiger partial charge in [-0.1, -0.05) is 48.9 Å². The molecule has 1 aliphatic carbocycles. The first kappa shape index (κ1) is 14.4. The smallest absolute Gasteiger partial charge is 0.321 e. The van der Waals surface area contributed by atoms with E-state index >= 15 is 0 Å². The normalized spacial score (nSPS) is 22.1. The van der Waals surface area contributed by atoms with Gasteiger partial charge in [0.1, 0.15) is 12.0 Å². The number of halogens is 1. The maximum absolute atomic E-state index is 11.6. The van der Waals surface area contributed by atoms with E-state index in [-0.39, 0.29) is 23.9 Å². The van der Waals surface area contributed by atoms with Crippen molar-refractivity contribution in [2.24, 2.45) is 0 Å². The van der Waals surface area contributed by atoms with E-state index in [0.717, 1.165) is 19.3 Å². The van der Waals surface area contributed by atoms with Gasteiger partial charge in [0.15, 0.2) is 0 Å². The Bertz CT molecular complexity index is 633. The summed E-state index contributed by atoms with van der Waals surface area (Å²) in [6.07, 6.45) is 4.24. The van der Waals surface area contributed by atoms with Gasteiger partial charge in [0, 0.05) is 5.92 Å². The molecule has 0 spiro atoms. The molecule has 1 fully saturated rings. The van der Waals surface area contributed by atoms with Gasteiger partial charge in [-0.2, -0.15) is 0 Å². The second-order valence-corrected chi connectivity index (χ2v) is 5.89. The zero-order valence-electron chi connectivity index (χ0n) is 11.9. The van der Waals surface area contributed by atoms with Gasteiger partial charge in [0.05, 0.1) is 0 Å². The molecule has 3 heteroatoms. The van der Waals surface area contributed by atoms with E-state index in [9.17, 15) is 4.79 Å². The summed E-state index contributed by atoms with van der Waals surface area (Å²) in [7, 11) is 0. The number of carbonyl (C=O) groups is 1. The maximum Gasteiger partial charge on any atom is 0.321 e. The summed E-state index contributed by atoms with van der Waals surface area (Å²) in [6, 6.07) is 14.8. The maximum atomic E-state index is 11.6. The number of alkyl halides is 1. The molecule has 2 atom stereocenters. The fraction of sp³-hybridized carbons (Fsp3) is 0.389. The van der Waals surface area contributed by atoms with Crippen LogP contribution in [0.5, 0.6) is 0 Å². The highest BCUT2D eigenvalue weighted by molar-refractivity contribution is 6.26. The number of benzene rings is 2. The van der Waals surface area contributed by atoms with Gasteiger partial charge >= 0.3 is 5.97 Å². The van der Waals surface area contributed by atoms with Crippen LogP contribution in [0.4, 0.5) is 0 Å². The molecule has 0 amide bonds. The third-order valence-electron chi connectivity index (χ3n) is 4.32. The van der Waals surface area contributed by atoms with Crippen LogP contribution in [0.1, 0.15) is 37.2 Å². The van der Waals surface area contributed by atoms with E-state index in [4.69, 9.17) is 16.3 Å². The Kier molecular flexibility index (Phi) is 4.45. The topological polar surface area (TPSA) is 26.3 Å². The van der Waals surface area contributed by atoms with Crippen molar-refractivity contribution in [2.75, 3.05) is 5.88 Å². The summed E-state index contributed by atoms with van der Waals surface area (Å²) in [5, 5.41) is 2.50. The summed E-state index contributed by atoms with van der Waals surface area (Å²) < 4.78 is 5.59. The lowest BCUT2D eigenvalue weighted by Crippen LogP contribution is -2.29. The van der Waals surface area contributed by atoms with Crippen molar-refractivity contribution in [3.05, 3.63) is 48.0 Å². The molecule has 0 unspecified atom stereocenters. The summed E-state index contributed by atoms with van der Waals surface area (Å²) in [5.41, 5.74) is 1.29. The predicted molar refractivity (Wildman–Crippen MR) is 85.8 cm³/mol. The molecule has 1 aliphatic rings. The third kappa shape index (κ3) is 3.06. The van der Waals surface area contributed by atoms with Gasteiger partial charge in [-0.15, -0.1) is 11.6 Å². The number of carbonyl (C=O) groups excluding carboxylic acids is 1. The average Bonchev–Trinajstić information content (AvgIpc) is 2.55. The van der Waals surface area contributed by atoms with Crippen molar-refractivity contribution in [3.8, 4) is 0 Å². The lowest BCUT2D eigenvalue weighted by molar-refractivity contribution is -0.148. The minimum Gasteiger partial charge on any atom is -0.461 e. The van der Waals surface area contributed by atoms with Crippen LogP contribution in [0.25, 0.3) is 10.8 Å². The van der Waals surface area contributed by atoms with Gasteiger partial charge in [-0.3, -0.25) is 4.79 Å². The minimum atomic E-state index is -0.311. The van der Waals surface area contributed by atoms with Crippen LogP contribution in [-0.4, -0.2) is 18.0 Å². The van der Waals surface area contributed by atoms with Crippen molar-refractivity contribution in [1.82, 2.24) is 0 Å². The van der Waals surface area contributed by atoms with Gasteiger partial charge < -0.3 is 4.74 Å². The van der Waals surface area contributed by atoms with Crippen molar-refractivity contribution in [3.63, 3.8) is 0 Å². The third-order valence-corrected chi connectivity index (χ3v) is 4.54. The zero-order valence-corrected chi connectivity index (χ0v) is 12.7. The quantitative estimate of drug-likeness (QED) is 0.609. The largest absolute Gasteiger partial charge is 0.461 e. The highest BCUT2D eigenvalue weighted by Gasteiger charge is 2.30. The average molecular weight is 303 g/mol. The summed E-state index contributed by atoms with van der Waals surface area (Å²) >= 11 is 5.59. The Hall–Kier alpha value is -1.54. The summed E-state index contributed by atoms with van der Waals surface area (Å²) in [6.45, 7) is 0. The highest BCUT2D eigenvalue weighted by atomic mass is 35.5. The first-order chi connectivity index (χ1) is 10.3. The monoisotopic (exact) mass is 302 g/mol. The number of ether oxygens (including phenoxy) is 1. The Balaban J connectivity index is 1.96. The van der Waals surface area contributed by atoms with E-state index in [1.165, 1.54) is 22.8 Å². The van der Waals surface area contributed by atoms with Crippen LogP contribution in [0, 0.1) is 0 Å². The molecule has 0 heterocycles. The Morgan fingerprint density at radius 1 is 1.10 bits per heavy atom. The van der Waals surface area contributed by atoms with Crippen LogP contribution in [0.3, 0.4) is 0 Å². The first-order valence-electron chi connectivity index (χ1n) is 7.52. The number of hydrogen-bond acceptors (Lipinski definition) is 2. The highest BCUT2D eigenvalue weighted by Crippen LogP contribution is 2.38. The minimum absolute atomic E-state index is 0.0455. The lowest BCUT2D eigenvalue weighted by Gasteiger charge is -2.32. The second-order valence-electron chi connectivity index (χ2n) is 5.62. The molecule has 2 aromatic rings. The number of rotatable bonds is 3. The lowest BCUT2D eigenvalue weighted by atomic mass is 9.80. The molecule has 2 nitrogen and oxygen atoms in total. The van der Waals surface area contributed by atoms with Crippen molar-refractivity contribution in [1.29, 1.82) is 0 Å². The fourth-order valence-electron chi connectivity index (χ4n) is 3.37. The zero-order chi connectivity index (χ0) is 14.7. The molecule has 0 bridgehead atoms. The van der Waals surface area contributed by atoms with Crippen LogP contribution < -0.4 is 0 Å². The number of hydrogen-bond donors (Lipinski definition) is 0. The number of fused-ring (bicyclic) bond motifs is 1. The molecule has 110 valence electrons. The van der Waals surface area contributed by atoms with Crippen molar-refractivity contribution in [2.45, 2.75) is 37.7 Å². The van der Waals surface area contributed by atoms with Gasteiger partial charge in [0.2, 0.25) is 0 Å². The molecule has 0 saturated heterocycles. The van der Waals surface area contributed by atoms with Crippen LogP contribution >= 0.6 is 11.6 Å². The molecule has 0 radical (unpaired) electrons. The van der Waals surface area contributed by atoms with E-state index in [0.29, 0.717) is 0 Å². The van der Waals surface area contributed by atoms with E-state index in [1.54, 1.807) is 0 Å². The van der Waals surface area contributed by atoms with Crippen LogP contribution in [-0.2, 0) is 9.53 Å². The van der Waals surface area contributed by atoms with Crippen LogP contribution in [0.15, 0.2) is 42.5 Å². The molecule has 3 rings (SSSR count). The molecule has 21 heavy (non-hydrogen) atoms. The SMILES string of the molecule is O=C(CCl)O[C@@H]1CCCC[C@@H]1c1cccc2ccccc12. The molecular weight excluding hydrogens is 284 g/mol. The molecular formula is C18H19ClO2. The van der Waals surface area contributed by atoms with E-state index in [1.807, 2.05) is 0 Å². The molecule has 1 saturated carbocycles. The van der Waals surface area contributed by atoms with Gasteiger partial charge in [0.25, 0.3) is 0 Å².